The van der Waals surface area contributed by atoms with E-state index < -0.39 is 0 Å². The largest absolute Gasteiger partial charge is 0.379 e. The molecule has 0 aromatic carbocycles. The van der Waals surface area contributed by atoms with Gasteiger partial charge in [-0.05, 0) is 30.6 Å². The summed E-state index contributed by atoms with van der Waals surface area (Å²) in [6.45, 7) is 6.79. The first-order chi connectivity index (χ1) is 6.52. The fourth-order valence-electron chi connectivity index (χ4n) is 2.79. The maximum Gasteiger partial charge on any atom is 0.0869 e. The molecule has 1 aliphatic carbocycles. The fourth-order valence-corrected chi connectivity index (χ4v) is 2.79. The first-order valence-corrected chi connectivity index (χ1v) is 5.70. The van der Waals surface area contributed by atoms with Gasteiger partial charge in [-0.1, -0.05) is 20.8 Å². The van der Waals surface area contributed by atoms with Crippen molar-refractivity contribution >= 4 is 0 Å². The van der Waals surface area contributed by atoms with Crippen LogP contribution < -0.4 is 0 Å². The molecule has 0 aromatic rings. The molecule has 4 atom stereocenters. The zero-order chi connectivity index (χ0) is 10.3. The predicted molar refractivity (Wildman–Crippen MR) is 56.3 cm³/mol. The minimum absolute atomic E-state index is 0.280. The second-order valence-corrected chi connectivity index (χ2v) is 5.80. The standard InChI is InChI=1S/C12H22O2/c1-12(2,3)10-7-8-5-6-9(13-4)11(8)14-10/h8-11H,5-7H2,1-4H3/t8?,9?,10-,11?/m1/s1. The van der Waals surface area contributed by atoms with Gasteiger partial charge in [0.05, 0.1) is 18.3 Å². The number of hydrogen-bond donors (Lipinski definition) is 0. The molecular weight excluding hydrogens is 176 g/mol. The third-order valence-corrected chi connectivity index (χ3v) is 3.76. The van der Waals surface area contributed by atoms with Gasteiger partial charge in [0.2, 0.25) is 0 Å². The number of methoxy groups -OCH3 is 1. The van der Waals surface area contributed by atoms with Crippen LogP contribution in [0, 0.1) is 11.3 Å². The van der Waals surface area contributed by atoms with E-state index in [4.69, 9.17) is 9.47 Å². The topological polar surface area (TPSA) is 18.5 Å². The SMILES string of the molecule is COC1CCC2C[C@H](C(C)(C)C)OC21. The van der Waals surface area contributed by atoms with E-state index >= 15 is 0 Å². The molecule has 2 nitrogen and oxygen atoms in total. The first kappa shape index (κ1) is 10.4. The molecule has 0 N–H and O–H groups in total. The summed E-state index contributed by atoms with van der Waals surface area (Å²) in [5.41, 5.74) is 0.280. The molecule has 0 spiro atoms. The lowest BCUT2D eigenvalue weighted by atomic mass is 9.85. The average Bonchev–Trinajstić information content (AvgIpc) is 2.58. The van der Waals surface area contributed by atoms with Gasteiger partial charge in [-0.25, -0.2) is 0 Å². The molecule has 0 radical (unpaired) electrons. The quantitative estimate of drug-likeness (QED) is 0.645. The van der Waals surface area contributed by atoms with Crippen LogP contribution in [0.5, 0.6) is 0 Å². The maximum atomic E-state index is 6.13. The van der Waals surface area contributed by atoms with Crippen molar-refractivity contribution in [2.75, 3.05) is 7.11 Å². The molecule has 1 heterocycles. The second kappa shape index (κ2) is 3.49. The normalized spacial score (nSPS) is 42.9. The highest BCUT2D eigenvalue weighted by Crippen LogP contribution is 2.44. The van der Waals surface area contributed by atoms with E-state index in [0.717, 1.165) is 5.92 Å². The molecule has 1 saturated carbocycles. The van der Waals surface area contributed by atoms with Crippen LogP contribution in [-0.2, 0) is 9.47 Å². The molecule has 3 unspecified atom stereocenters. The molecule has 2 rings (SSSR count). The summed E-state index contributed by atoms with van der Waals surface area (Å²) < 4.78 is 11.6. The van der Waals surface area contributed by atoms with Gasteiger partial charge in [-0.2, -0.15) is 0 Å². The number of rotatable bonds is 1. The Morgan fingerprint density at radius 2 is 1.93 bits per heavy atom. The number of hydrogen-bond acceptors (Lipinski definition) is 2. The van der Waals surface area contributed by atoms with Crippen LogP contribution in [0.15, 0.2) is 0 Å². The summed E-state index contributed by atoms with van der Waals surface area (Å²) in [6.07, 6.45) is 4.86. The highest BCUT2D eigenvalue weighted by molar-refractivity contribution is 4.96. The molecule has 2 aliphatic rings. The summed E-state index contributed by atoms with van der Waals surface area (Å²) in [4.78, 5) is 0. The van der Waals surface area contributed by atoms with Crippen LogP contribution >= 0.6 is 0 Å². The van der Waals surface area contributed by atoms with Gasteiger partial charge >= 0.3 is 0 Å². The monoisotopic (exact) mass is 198 g/mol. The van der Waals surface area contributed by atoms with Crippen molar-refractivity contribution in [2.24, 2.45) is 11.3 Å². The summed E-state index contributed by atoms with van der Waals surface area (Å²) in [5, 5.41) is 0. The predicted octanol–water partition coefficient (Wildman–Crippen LogP) is 2.62. The lowest BCUT2D eigenvalue weighted by Crippen LogP contribution is -2.30. The van der Waals surface area contributed by atoms with E-state index in [2.05, 4.69) is 20.8 Å². The third kappa shape index (κ3) is 1.70. The van der Waals surface area contributed by atoms with Gasteiger partial charge in [0.15, 0.2) is 0 Å². The molecule has 82 valence electrons. The van der Waals surface area contributed by atoms with E-state index in [-0.39, 0.29) is 5.41 Å². The highest BCUT2D eigenvalue weighted by Gasteiger charge is 2.47. The zero-order valence-corrected chi connectivity index (χ0v) is 9.75. The number of ether oxygens (including phenoxy) is 2. The van der Waals surface area contributed by atoms with Crippen LogP contribution in [0.3, 0.4) is 0 Å². The molecule has 2 fully saturated rings. The van der Waals surface area contributed by atoms with Crippen molar-refractivity contribution in [1.29, 1.82) is 0 Å². The Morgan fingerprint density at radius 1 is 1.21 bits per heavy atom. The molecule has 1 saturated heterocycles. The number of fused-ring (bicyclic) bond motifs is 1. The van der Waals surface area contributed by atoms with Crippen molar-refractivity contribution in [3.05, 3.63) is 0 Å². The van der Waals surface area contributed by atoms with Crippen molar-refractivity contribution in [2.45, 2.75) is 58.3 Å². The Bertz CT molecular complexity index is 207. The molecule has 1 aliphatic heterocycles. The maximum absolute atomic E-state index is 6.13. The van der Waals surface area contributed by atoms with E-state index in [9.17, 15) is 0 Å². The molecule has 0 aromatic heterocycles. The van der Waals surface area contributed by atoms with Crippen LogP contribution in [0.4, 0.5) is 0 Å². The van der Waals surface area contributed by atoms with E-state index in [1.807, 2.05) is 0 Å². The second-order valence-electron chi connectivity index (χ2n) is 5.80. The van der Waals surface area contributed by atoms with Crippen LogP contribution in [-0.4, -0.2) is 25.4 Å². The Morgan fingerprint density at radius 3 is 2.50 bits per heavy atom. The minimum atomic E-state index is 0.280. The molecule has 2 heteroatoms. The highest BCUT2D eigenvalue weighted by atomic mass is 16.5. The minimum Gasteiger partial charge on any atom is -0.379 e. The summed E-state index contributed by atoms with van der Waals surface area (Å²) in [6, 6.07) is 0. The van der Waals surface area contributed by atoms with Gasteiger partial charge in [-0.15, -0.1) is 0 Å². The third-order valence-electron chi connectivity index (χ3n) is 3.76. The average molecular weight is 198 g/mol. The lowest BCUT2D eigenvalue weighted by molar-refractivity contribution is -0.0740. The Hall–Kier alpha value is -0.0800. The Labute approximate surface area is 87.0 Å². The van der Waals surface area contributed by atoms with Gasteiger partial charge in [0.25, 0.3) is 0 Å². The van der Waals surface area contributed by atoms with Gasteiger partial charge in [0.1, 0.15) is 0 Å². The Balaban J connectivity index is 2.01. The molecule has 0 bridgehead atoms. The van der Waals surface area contributed by atoms with Gasteiger partial charge < -0.3 is 9.47 Å². The van der Waals surface area contributed by atoms with Crippen LogP contribution in [0.25, 0.3) is 0 Å². The fraction of sp³-hybridized carbons (Fsp3) is 1.00. The summed E-state index contributed by atoms with van der Waals surface area (Å²) in [5.74, 6) is 0.754. The van der Waals surface area contributed by atoms with E-state index in [1.54, 1.807) is 7.11 Å². The zero-order valence-electron chi connectivity index (χ0n) is 9.75. The lowest BCUT2D eigenvalue weighted by Gasteiger charge is -2.28. The summed E-state index contributed by atoms with van der Waals surface area (Å²) in [7, 11) is 1.81. The van der Waals surface area contributed by atoms with Gasteiger partial charge in [-0.3, -0.25) is 0 Å². The smallest absolute Gasteiger partial charge is 0.0869 e. The molecule has 14 heavy (non-hydrogen) atoms. The molecular formula is C12H22O2. The van der Waals surface area contributed by atoms with Crippen molar-refractivity contribution in [1.82, 2.24) is 0 Å². The van der Waals surface area contributed by atoms with Crippen molar-refractivity contribution in [3.8, 4) is 0 Å². The van der Waals surface area contributed by atoms with Crippen LogP contribution in [0.1, 0.15) is 40.0 Å². The van der Waals surface area contributed by atoms with Crippen molar-refractivity contribution < 1.29 is 9.47 Å². The Kier molecular flexibility index (Phi) is 2.61. The van der Waals surface area contributed by atoms with E-state index in [1.165, 1.54) is 19.3 Å². The first-order valence-electron chi connectivity index (χ1n) is 5.70. The van der Waals surface area contributed by atoms with Gasteiger partial charge in [0, 0.05) is 7.11 Å². The van der Waals surface area contributed by atoms with Crippen molar-refractivity contribution in [3.63, 3.8) is 0 Å². The molecule has 0 amide bonds. The van der Waals surface area contributed by atoms with Crippen LogP contribution in [0.2, 0.25) is 0 Å². The summed E-state index contributed by atoms with van der Waals surface area (Å²) >= 11 is 0. The van der Waals surface area contributed by atoms with E-state index in [0.29, 0.717) is 18.3 Å².